The Hall–Kier alpha value is -2.69. The van der Waals surface area contributed by atoms with E-state index in [0.717, 1.165) is 5.56 Å². The van der Waals surface area contributed by atoms with E-state index in [9.17, 15) is 14.9 Å². The van der Waals surface area contributed by atoms with Crippen LogP contribution in [0.4, 0.5) is 0 Å². The summed E-state index contributed by atoms with van der Waals surface area (Å²) in [5.74, 6) is -0.867. The SMILES string of the molecule is CC(c1ccccc1)C(NC(=O)c1ccccc1)[N+](=O)[O-]. The highest BCUT2D eigenvalue weighted by Crippen LogP contribution is 2.19. The van der Waals surface area contributed by atoms with Crippen molar-refractivity contribution in [1.29, 1.82) is 0 Å². The summed E-state index contributed by atoms with van der Waals surface area (Å²) in [6.07, 6.45) is -1.17. The van der Waals surface area contributed by atoms with Crippen LogP contribution in [0.2, 0.25) is 0 Å². The van der Waals surface area contributed by atoms with Crippen molar-refractivity contribution in [3.63, 3.8) is 0 Å². The molecule has 0 aliphatic heterocycles. The molecule has 1 N–H and O–H groups in total. The molecule has 2 aromatic carbocycles. The molecule has 0 fully saturated rings. The molecule has 2 unspecified atom stereocenters. The molecule has 0 radical (unpaired) electrons. The molecule has 0 aromatic heterocycles. The molecule has 0 saturated heterocycles. The molecule has 108 valence electrons. The summed E-state index contributed by atoms with van der Waals surface area (Å²) in [6, 6.07) is 17.6. The van der Waals surface area contributed by atoms with Crippen LogP contribution in [0.15, 0.2) is 60.7 Å². The van der Waals surface area contributed by atoms with Crippen LogP contribution in [0.5, 0.6) is 0 Å². The van der Waals surface area contributed by atoms with Crippen molar-refractivity contribution in [2.24, 2.45) is 0 Å². The van der Waals surface area contributed by atoms with Gasteiger partial charge in [-0.05, 0) is 24.6 Å². The van der Waals surface area contributed by atoms with Crippen molar-refractivity contribution in [3.8, 4) is 0 Å². The lowest BCUT2D eigenvalue weighted by molar-refractivity contribution is -0.530. The smallest absolute Gasteiger partial charge is 0.289 e. The minimum Gasteiger partial charge on any atom is -0.289 e. The van der Waals surface area contributed by atoms with Crippen LogP contribution >= 0.6 is 0 Å². The van der Waals surface area contributed by atoms with Gasteiger partial charge in [-0.3, -0.25) is 20.2 Å². The Balaban J connectivity index is 2.17. The number of nitrogens with one attached hydrogen (secondary N) is 1. The van der Waals surface area contributed by atoms with Crippen molar-refractivity contribution < 1.29 is 9.72 Å². The van der Waals surface area contributed by atoms with E-state index in [-0.39, 0.29) is 0 Å². The number of amides is 1. The summed E-state index contributed by atoms with van der Waals surface area (Å²) in [6.45, 7) is 1.73. The number of nitro groups is 1. The molecular weight excluding hydrogens is 268 g/mol. The molecule has 0 saturated carbocycles. The van der Waals surface area contributed by atoms with Crippen molar-refractivity contribution >= 4 is 5.91 Å². The highest BCUT2D eigenvalue weighted by Gasteiger charge is 2.30. The molecule has 0 bridgehead atoms. The maximum Gasteiger partial charge on any atom is 0.293 e. The maximum atomic E-state index is 12.1. The van der Waals surface area contributed by atoms with Crippen molar-refractivity contribution in [3.05, 3.63) is 81.9 Å². The van der Waals surface area contributed by atoms with E-state index in [1.807, 2.05) is 30.3 Å². The Bertz CT molecular complexity index is 614. The van der Waals surface area contributed by atoms with Gasteiger partial charge >= 0.3 is 0 Å². The van der Waals surface area contributed by atoms with Gasteiger partial charge in [0.15, 0.2) is 0 Å². The number of benzene rings is 2. The first-order valence-corrected chi connectivity index (χ1v) is 6.64. The third-order valence-electron chi connectivity index (χ3n) is 3.34. The van der Waals surface area contributed by atoms with Crippen LogP contribution in [0.1, 0.15) is 28.8 Å². The van der Waals surface area contributed by atoms with Gasteiger partial charge in [0.05, 0.1) is 5.92 Å². The molecule has 0 aliphatic carbocycles. The second kappa shape index (κ2) is 6.65. The Morgan fingerprint density at radius 2 is 1.57 bits per heavy atom. The second-order valence-electron chi connectivity index (χ2n) is 4.77. The van der Waals surface area contributed by atoms with E-state index in [1.165, 1.54) is 0 Å². The average molecular weight is 284 g/mol. The highest BCUT2D eigenvalue weighted by atomic mass is 16.6. The summed E-state index contributed by atoms with van der Waals surface area (Å²) in [5.41, 5.74) is 1.22. The van der Waals surface area contributed by atoms with E-state index in [2.05, 4.69) is 5.32 Å². The molecule has 21 heavy (non-hydrogen) atoms. The molecule has 2 atom stereocenters. The number of carbonyl (C=O) groups excluding carboxylic acids is 1. The summed E-state index contributed by atoms with van der Waals surface area (Å²) in [4.78, 5) is 22.9. The highest BCUT2D eigenvalue weighted by molar-refractivity contribution is 5.94. The van der Waals surface area contributed by atoms with Gasteiger partial charge in [-0.15, -0.1) is 0 Å². The van der Waals surface area contributed by atoms with Crippen LogP contribution in [0.25, 0.3) is 0 Å². The Morgan fingerprint density at radius 1 is 1.05 bits per heavy atom. The van der Waals surface area contributed by atoms with E-state index in [1.54, 1.807) is 37.3 Å². The zero-order valence-electron chi connectivity index (χ0n) is 11.6. The summed E-state index contributed by atoms with van der Waals surface area (Å²) in [5, 5.41) is 13.8. The first-order valence-electron chi connectivity index (χ1n) is 6.64. The zero-order valence-corrected chi connectivity index (χ0v) is 11.6. The monoisotopic (exact) mass is 284 g/mol. The molecular formula is C16H16N2O3. The molecule has 5 nitrogen and oxygen atoms in total. The Morgan fingerprint density at radius 3 is 2.10 bits per heavy atom. The lowest BCUT2D eigenvalue weighted by Gasteiger charge is -2.18. The predicted molar refractivity (Wildman–Crippen MR) is 79.5 cm³/mol. The predicted octanol–water partition coefficient (Wildman–Crippen LogP) is 2.82. The second-order valence-corrected chi connectivity index (χ2v) is 4.77. The van der Waals surface area contributed by atoms with Gasteiger partial charge in [0.1, 0.15) is 0 Å². The standard InChI is InChI=1S/C16H16N2O3/c1-12(13-8-4-2-5-9-13)15(18(20)21)17-16(19)14-10-6-3-7-11-14/h2-12,15H,1H3,(H,17,19). The summed E-state index contributed by atoms with van der Waals surface area (Å²) >= 11 is 0. The normalized spacial score (nSPS) is 13.2. The molecule has 5 heteroatoms. The fourth-order valence-electron chi connectivity index (χ4n) is 2.11. The van der Waals surface area contributed by atoms with Gasteiger partial charge in [0, 0.05) is 10.5 Å². The van der Waals surface area contributed by atoms with E-state index < -0.39 is 22.9 Å². The number of nitrogens with zero attached hydrogens (tertiary/aromatic N) is 1. The topological polar surface area (TPSA) is 72.2 Å². The maximum absolute atomic E-state index is 12.1. The number of carbonyl (C=O) groups is 1. The third-order valence-corrected chi connectivity index (χ3v) is 3.34. The lowest BCUT2D eigenvalue weighted by Crippen LogP contribution is -2.44. The van der Waals surface area contributed by atoms with Crippen LogP contribution in [0.3, 0.4) is 0 Å². The van der Waals surface area contributed by atoms with Crippen LogP contribution < -0.4 is 5.32 Å². The summed E-state index contributed by atoms with van der Waals surface area (Å²) < 4.78 is 0. The van der Waals surface area contributed by atoms with Crippen LogP contribution in [0, 0.1) is 10.1 Å². The van der Waals surface area contributed by atoms with Crippen LogP contribution in [-0.2, 0) is 0 Å². The number of hydrogen-bond donors (Lipinski definition) is 1. The molecule has 1 amide bonds. The van der Waals surface area contributed by atoms with Gasteiger partial charge in [-0.2, -0.15) is 0 Å². The van der Waals surface area contributed by atoms with E-state index >= 15 is 0 Å². The minimum absolute atomic E-state index is 0.407. The van der Waals surface area contributed by atoms with Crippen molar-refractivity contribution in [1.82, 2.24) is 5.32 Å². The van der Waals surface area contributed by atoms with E-state index in [0.29, 0.717) is 5.56 Å². The first-order chi connectivity index (χ1) is 10.1. The number of rotatable bonds is 5. The molecule has 0 aliphatic rings. The van der Waals surface area contributed by atoms with Crippen molar-refractivity contribution in [2.45, 2.75) is 19.0 Å². The fourth-order valence-corrected chi connectivity index (χ4v) is 2.11. The number of hydrogen-bond acceptors (Lipinski definition) is 3. The quantitative estimate of drug-likeness (QED) is 0.521. The van der Waals surface area contributed by atoms with Gasteiger partial charge in [-0.1, -0.05) is 48.5 Å². The molecule has 2 aromatic rings. The Labute approximate surface area is 122 Å². The van der Waals surface area contributed by atoms with E-state index in [4.69, 9.17) is 0 Å². The minimum atomic E-state index is -1.17. The molecule has 0 spiro atoms. The largest absolute Gasteiger partial charge is 0.293 e. The van der Waals surface area contributed by atoms with Gasteiger partial charge in [-0.25, -0.2) is 0 Å². The average Bonchev–Trinajstić information content (AvgIpc) is 2.53. The lowest BCUT2D eigenvalue weighted by atomic mass is 9.98. The van der Waals surface area contributed by atoms with Gasteiger partial charge in [0.2, 0.25) is 0 Å². The van der Waals surface area contributed by atoms with Gasteiger partial charge in [0.25, 0.3) is 12.1 Å². The third kappa shape index (κ3) is 3.66. The van der Waals surface area contributed by atoms with Crippen molar-refractivity contribution in [2.75, 3.05) is 0 Å². The Kier molecular flexibility index (Phi) is 4.66. The van der Waals surface area contributed by atoms with Gasteiger partial charge < -0.3 is 0 Å². The first kappa shape index (κ1) is 14.7. The molecule has 2 rings (SSSR count). The van der Waals surface area contributed by atoms with Crippen LogP contribution in [-0.4, -0.2) is 17.0 Å². The fraction of sp³-hybridized carbons (Fsp3) is 0.188. The summed E-state index contributed by atoms with van der Waals surface area (Å²) in [7, 11) is 0. The zero-order chi connectivity index (χ0) is 15.2. The molecule has 0 heterocycles.